The van der Waals surface area contributed by atoms with Gasteiger partial charge in [-0.2, -0.15) is 0 Å². The first-order valence-electron chi connectivity index (χ1n) is 8.89. The maximum Gasteiger partial charge on any atom is 0.242 e. The molecule has 1 aliphatic carbocycles. The van der Waals surface area contributed by atoms with Gasteiger partial charge in [0.25, 0.3) is 0 Å². The van der Waals surface area contributed by atoms with Crippen molar-refractivity contribution < 1.29 is 4.79 Å². The Morgan fingerprint density at radius 1 is 1.36 bits per heavy atom. The summed E-state index contributed by atoms with van der Waals surface area (Å²) in [6, 6.07) is 0.410. The third kappa shape index (κ3) is 5.18. The van der Waals surface area contributed by atoms with Crippen LogP contribution in [0.3, 0.4) is 0 Å². The van der Waals surface area contributed by atoms with Crippen molar-refractivity contribution in [2.24, 2.45) is 10.4 Å². The van der Waals surface area contributed by atoms with Gasteiger partial charge in [-0.1, -0.05) is 20.3 Å². The molecule has 1 aliphatic heterocycles. The number of amides is 1. The lowest BCUT2D eigenvalue weighted by molar-refractivity contribution is -0.119. The van der Waals surface area contributed by atoms with Crippen LogP contribution in [0.15, 0.2) is 4.99 Å². The number of rotatable bonds is 6. The highest BCUT2D eigenvalue weighted by Crippen LogP contribution is 2.33. The minimum Gasteiger partial charge on any atom is -0.357 e. The fourth-order valence-electron chi connectivity index (χ4n) is 3.38. The molecule has 0 aromatic carbocycles. The van der Waals surface area contributed by atoms with Crippen LogP contribution in [0.1, 0.15) is 59.3 Å². The lowest BCUT2D eigenvalue weighted by atomic mass is 9.78. The molecule has 2 N–H and O–H groups in total. The normalized spacial score (nSPS) is 26.0. The van der Waals surface area contributed by atoms with Crippen molar-refractivity contribution >= 4 is 11.9 Å². The Morgan fingerprint density at radius 2 is 2.14 bits per heavy atom. The molecule has 0 aromatic heterocycles. The summed E-state index contributed by atoms with van der Waals surface area (Å²) in [7, 11) is 0. The Balaban J connectivity index is 1.94. The molecule has 1 atom stereocenters. The standard InChI is InChI=1S/C17H32N4O/c1-4-9-17(3)10-6-11-21(13-17)16(18-5-2)19-12-15(22)20-14-7-8-14/h14H,4-13H2,1-3H3,(H,18,19)(H,20,22). The second kappa shape index (κ2) is 7.84. The highest BCUT2D eigenvalue weighted by molar-refractivity contribution is 5.85. The van der Waals surface area contributed by atoms with E-state index >= 15 is 0 Å². The van der Waals surface area contributed by atoms with E-state index in [4.69, 9.17) is 0 Å². The molecule has 5 heteroatoms. The number of hydrogen-bond donors (Lipinski definition) is 2. The number of guanidine groups is 1. The van der Waals surface area contributed by atoms with E-state index in [1.807, 2.05) is 0 Å². The number of nitrogens with one attached hydrogen (secondary N) is 2. The highest BCUT2D eigenvalue weighted by Gasteiger charge is 2.31. The number of aliphatic imine (C=N–C) groups is 1. The van der Waals surface area contributed by atoms with Crippen molar-refractivity contribution in [1.29, 1.82) is 0 Å². The number of nitrogens with zero attached hydrogens (tertiary/aromatic N) is 2. The van der Waals surface area contributed by atoms with Crippen LogP contribution in [0.4, 0.5) is 0 Å². The number of carbonyl (C=O) groups excluding carboxylic acids is 1. The first-order chi connectivity index (χ1) is 10.6. The van der Waals surface area contributed by atoms with E-state index in [2.05, 4.69) is 41.3 Å². The topological polar surface area (TPSA) is 56.7 Å². The highest BCUT2D eigenvalue weighted by atomic mass is 16.2. The number of hydrogen-bond acceptors (Lipinski definition) is 2. The predicted molar refractivity (Wildman–Crippen MR) is 91.0 cm³/mol. The fourth-order valence-corrected chi connectivity index (χ4v) is 3.38. The van der Waals surface area contributed by atoms with E-state index in [0.29, 0.717) is 11.5 Å². The second-order valence-corrected chi connectivity index (χ2v) is 7.10. The summed E-state index contributed by atoms with van der Waals surface area (Å²) in [5.41, 5.74) is 0.374. The molecule has 2 fully saturated rings. The molecular weight excluding hydrogens is 276 g/mol. The smallest absolute Gasteiger partial charge is 0.242 e. The third-order valence-electron chi connectivity index (χ3n) is 4.58. The SMILES string of the molecule is CCCC1(C)CCCN(C(=NCC(=O)NC2CC2)NCC)C1. The third-order valence-corrected chi connectivity index (χ3v) is 4.58. The second-order valence-electron chi connectivity index (χ2n) is 7.10. The largest absolute Gasteiger partial charge is 0.357 e. The van der Waals surface area contributed by atoms with Crippen LogP contribution in [-0.2, 0) is 4.79 Å². The average molecular weight is 308 g/mol. The minimum atomic E-state index is 0.0474. The van der Waals surface area contributed by atoms with Gasteiger partial charge in [0.2, 0.25) is 5.91 Å². The summed E-state index contributed by atoms with van der Waals surface area (Å²) in [6.45, 7) is 9.86. The van der Waals surface area contributed by atoms with E-state index in [9.17, 15) is 4.79 Å². The van der Waals surface area contributed by atoms with Crippen LogP contribution in [-0.4, -0.2) is 49.0 Å². The van der Waals surface area contributed by atoms with Crippen LogP contribution >= 0.6 is 0 Å². The Labute approximate surface area is 134 Å². The van der Waals surface area contributed by atoms with Crippen LogP contribution in [0.5, 0.6) is 0 Å². The molecule has 5 nitrogen and oxygen atoms in total. The Bertz CT molecular complexity index is 401. The molecule has 1 heterocycles. The van der Waals surface area contributed by atoms with Crippen LogP contribution in [0, 0.1) is 5.41 Å². The van der Waals surface area contributed by atoms with Crippen LogP contribution < -0.4 is 10.6 Å². The van der Waals surface area contributed by atoms with E-state index in [-0.39, 0.29) is 12.5 Å². The van der Waals surface area contributed by atoms with Gasteiger partial charge in [-0.15, -0.1) is 0 Å². The molecule has 0 radical (unpaired) electrons. The monoisotopic (exact) mass is 308 g/mol. The Kier molecular flexibility index (Phi) is 6.09. The summed E-state index contributed by atoms with van der Waals surface area (Å²) in [5, 5.41) is 6.35. The Hall–Kier alpha value is -1.26. The quantitative estimate of drug-likeness (QED) is 0.584. The average Bonchev–Trinajstić information content (AvgIpc) is 3.27. The summed E-state index contributed by atoms with van der Waals surface area (Å²) in [5.74, 6) is 0.946. The number of carbonyl (C=O) groups is 1. The van der Waals surface area contributed by atoms with Crippen molar-refractivity contribution in [1.82, 2.24) is 15.5 Å². The molecule has 126 valence electrons. The summed E-state index contributed by atoms with van der Waals surface area (Å²) in [6.07, 6.45) is 7.22. The van der Waals surface area contributed by atoms with Gasteiger partial charge in [0.1, 0.15) is 6.54 Å². The van der Waals surface area contributed by atoms with Gasteiger partial charge in [-0.3, -0.25) is 4.79 Å². The molecule has 1 amide bonds. The zero-order chi connectivity index (χ0) is 16.0. The van der Waals surface area contributed by atoms with Gasteiger partial charge in [0, 0.05) is 25.7 Å². The van der Waals surface area contributed by atoms with Crippen molar-refractivity contribution in [3.05, 3.63) is 0 Å². The van der Waals surface area contributed by atoms with Gasteiger partial charge in [0.15, 0.2) is 5.96 Å². The number of likely N-dealkylation sites (tertiary alicyclic amines) is 1. The van der Waals surface area contributed by atoms with Gasteiger partial charge in [-0.05, 0) is 44.4 Å². The first kappa shape index (κ1) is 17.1. The van der Waals surface area contributed by atoms with Crippen molar-refractivity contribution in [2.75, 3.05) is 26.2 Å². The summed E-state index contributed by atoms with van der Waals surface area (Å²) < 4.78 is 0. The zero-order valence-electron chi connectivity index (χ0n) is 14.5. The van der Waals surface area contributed by atoms with Gasteiger partial charge >= 0.3 is 0 Å². The molecule has 0 spiro atoms. The van der Waals surface area contributed by atoms with Crippen molar-refractivity contribution in [2.45, 2.75) is 65.3 Å². The summed E-state index contributed by atoms with van der Waals surface area (Å²) >= 11 is 0. The van der Waals surface area contributed by atoms with Gasteiger partial charge in [0.05, 0.1) is 0 Å². The molecule has 0 aromatic rings. The van der Waals surface area contributed by atoms with Crippen LogP contribution in [0.2, 0.25) is 0 Å². The minimum absolute atomic E-state index is 0.0474. The van der Waals surface area contributed by atoms with E-state index in [1.54, 1.807) is 0 Å². The lowest BCUT2D eigenvalue weighted by Gasteiger charge is -2.42. The molecule has 1 saturated carbocycles. The fraction of sp³-hybridized carbons (Fsp3) is 0.882. The van der Waals surface area contributed by atoms with E-state index < -0.39 is 0 Å². The van der Waals surface area contributed by atoms with Gasteiger partial charge in [-0.25, -0.2) is 4.99 Å². The van der Waals surface area contributed by atoms with Crippen LogP contribution in [0.25, 0.3) is 0 Å². The molecule has 1 unspecified atom stereocenters. The van der Waals surface area contributed by atoms with E-state index in [1.165, 1.54) is 25.7 Å². The lowest BCUT2D eigenvalue weighted by Crippen LogP contribution is -2.50. The molecular formula is C17H32N4O. The zero-order valence-corrected chi connectivity index (χ0v) is 14.5. The Morgan fingerprint density at radius 3 is 2.77 bits per heavy atom. The van der Waals surface area contributed by atoms with E-state index in [0.717, 1.165) is 38.4 Å². The van der Waals surface area contributed by atoms with Crippen molar-refractivity contribution in [3.63, 3.8) is 0 Å². The molecule has 1 saturated heterocycles. The van der Waals surface area contributed by atoms with Crippen molar-refractivity contribution in [3.8, 4) is 0 Å². The maximum absolute atomic E-state index is 11.9. The molecule has 0 bridgehead atoms. The number of piperidine rings is 1. The summed E-state index contributed by atoms with van der Waals surface area (Å²) in [4.78, 5) is 18.8. The molecule has 2 aliphatic rings. The van der Waals surface area contributed by atoms with Gasteiger partial charge < -0.3 is 15.5 Å². The maximum atomic E-state index is 11.9. The predicted octanol–water partition coefficient (Wildman–Crippen LogP) is 2.13. The molecule has 22 heavy (non-hydrogen) atoms. The molecule has 2 rings (SSSR count). The first-order valence-corrected chi connectivity index (χ1v) is 8.89.